The number of carbonyl (C=O) groups is 1. The van der Waals surface area contributed by atoms with Crippen molar-refractivity contribution >= 4 is 23.5 Å². The van der Waals surface area contributed by atoms with Gasteiger partial charge in [-0.3, -0.25) is 0 Å². The molecule has 16 heavy (non-hydrogen) atoms. The second-order valence-electron chi connectivity index (χ2n) is 3.01. The number of rotatable bonds is 2. The van der Waals surface area contributed by atoms with Gasteiger partial charge >= 0.3 is 5.97 Å². The Morgan fingerprint density at radius 3 is 2.69 bits per heavy atom. The van der Waals surface area contributed by atoms with Crippen molar-refractivity contribution in [2.45, 2.75) is 12.1 Å². The summed E-state index contributed by atoms with van der Waals surface area (Å²) in [6, 6.07) is 0. The van der Waals surface area contributed by atoms with Crippen molar-refractivity contribution in [2.75, 3.05) is 6.26 Å². The fourth-order valence-electron chi connectivity index (χ4n) is 1.31. The molecule has 0 radical (unpaired) electrons. The minimum atomic E-state index is -1.24. The highest BCUT2D eigenvalue weighted by atomic mass is 32.2. The first-order valence-corrected chi connectivity index (χ1v) is 5.50. The first-order chi connectivity index (χ1) is 7.54. The lowest BCUT2D eigenvalue weighted by Crippen LogP contribution is -2.07. The van der Waals surface area contributed by atoms with Crippen molar-refractivity contribution < 1.29 is 15.0 Å². The molecule has 0 aliphatic carbocycles. The molecule has 84 valence electrons. The highest BCUT2D eigenvalue weighted by Crippen LogP contribution is 2.21. The molecule has 0 unspecified atom stereocenters. The number of aromatic nitrogens is 4. The highest BCUT2D eigenvalue weighted by molar-refractivity contribution is 7.98. The van der Waals surface area contributed by atoms with Gasteiger partial charge in [0.25, 0.3) is 5.78 Å². The van der Waals surface area contributed by atoms with Crippen LogP contribution in [0.3, 0.4) is 0 Å². The van der Waals surface area contributed by atoms with Crippen LogP contribution in [0, 0.1) is 6.92 Å². The summed E-state index contributed by atoms with van der Waals surface area (Å²) in [5.41, 5.74) is -0.0531. The van der Waals surface area contributed by atoms with Crippen LogP contribution in [0.25, 0.3) is 5.78 Å². The second-order valence-corrected chi connectivity index (χ2v) is 3.78. The van der Waals surface area contributed by atoms with E-state index in [0.717, 1.165) is 4.52 Å². The van der Waals surface area contributed by atoms with Gasteiger partial charge in [0.2, 0.25) is 11.0 Å². The molecule has 2 aromatic rings. The van der Waals surface area contributed by atoms with Crippen molar-refractivity contribution in [3.8, 4) is 5.88 Å². The zero-order valence-corrected chi connectivity index (χ0v) is 9.32. The summed E-state index contributed by atoms with van der Waals surface area (Å²) in [6.07, 6.45) is 1.77. The van der Waals surface area contributed by atoms with Gasteiger partial charge in [-0.25, -0.2) is 9.78 Å². The lowest BCUT2D eigenvalue weighted by molar-refractivity contribution is 0.0691. The van der Waals surface area contributed by atoms with Gasteiger partial charge in [-0.05, 0) is 13.2 Å². The highest BCUT2D eigenvalue weighted by Gasteiger charge is 2.20. The van der Waals surface area contributed by atoms with Crippen molar-refractivity contribution in [1.82, 2.24) is 19.6 Å². The largest absolute Gasteiger partial charge is 0.492 e. The predicted molar refractivity (Wildman–Crippen MR) is 55.9 cm³/mol. The van der Waals surface area contributed by atoms with Crippen LogP contribution in [0.2, 0.25) is 0 Å². The first-order valence-electron chi connectivity index (χ1n) is 4.28. The van der Waals surface area contributed by atoms with Crippen LogP contribution < -0.4 is 0 Å². The lowest BCUT2D eigenvalue weighted by Gasteiger charge is -2.03. The lowest BCUT2D eigenvalue weighted by atomic mass is 10.2. The average molecular weight is 240 g/mol. The topological polar surface area (TPSA) is 101 Å². The first kappa shape index (κ1) is 10.7. The Hall–Kier alpha value is -1.83. The third-order valence-electron chi connectivity index (χ3n) is 2.02. The van der Waals surface area contributed by atoms with Gasteiger partial charge in [0.1, 0.15) is 5.56 Å². The van der Waals surface area contributed by atoms with Gasteiger partial charge in [0, 0.05) is 0 Å². The molecule has 0 amide bonds. The van der Waals surface area contributed by atoms with Gasteiger partial charge in [0.15, 0.2) is 0 Å². The Labute approximate surface area is 94.1 Å². The van der Waals surface area contributed by atoms with Crippen molar-refractivity contribution in [3.05, 3.63) is 11.3 Å². The summed E-state index contributed by atoms with van der Waals surface area (Å²) in [4.78, 5) is 18.9. The molecule has 0 spiro atoms. The smallest absolute Gasteiger partial charge is 0.343 e. The van der Waals surface area contributed by atoms with E-state index in [-0.39, 0.29) is 17.0 Å². The van der Waals surface area contributed by atoms with Crippen LogP contribution in [-0.2, 0) is 0 Å². The van der Waals surface area contributed by atoms with Crippen LogP contribution >= 0.6 is 11.8 Å². The normalized spacial score (nSPS) is 10.9. The van der Waals surface area contributed by atoms with E-state index in [0.29, 0.717) is 5.16 Å². The standard InChI is InChI=1S/C8H8N4O3S/c1-3-4(6(14)15)5(13)12-7(9-3)10-8(11-12)16-2/h13H,1-2H3,(H,14,15). The molecule has 0 aromatic carbocycles. The maximum absolute atomic E-state index is 10.9. The minimum absolute atomic E-state index is 0.185. The molecule has 0 fully saturated rings. The maximum Gasteiger partial charge on any atom is 0.343 e. The molecule has 2 heterocycles. The molecule has 0 atom stereocenters. The van der Waals surface area contributed by atoms with E-state index in [4.69, 9.17) is 5.11 Å². The zero-order valence-electron chi connectivity index (χ0n) is 8.50. The van der Waals surface area contributed by atoms with E-state index in [1.807, 2.05) is 0 Å². The number of thioether (sulfide) groups is 1. The number of hydrogen-bond acceptors (Lipinski definition) is 6. The molecule has 8 heteroatoms. The number of carboxylic acids is 1. The molecular formula is C8H8N4O3S. The molecule has 0 aliphatic rings. The van der Waals surface area contributed by atoms with Crippen LogP contribution in [0.1, 0.15) is 16.1 Å². The number of aromatic hydroxyl groups is 1. The summed E-state index contributed by atoms with van der Waals surface area (Å²) in [5, 5.41) is 23.0. The number of carboxylic acid groups (broad SMARTS) is 1. The fraction of sp³-hybridized carbons (Fsp3) is 0.250. The van der Waals surface area contributed by atoms with Crippen molar-refractivity contribution in [2.24, 2.45) is 0 Å². The van der Waals surface area contributed by atoms with Crippen molar-refractivity contribution in [3.63, 3.8) is 0 Å². The molecule has 0 bridgehead atoms. The molecule has 0 saturated carbocycles. The predicted octanol–water partition coefficient (Wildman–Crippen LogP) is 0.558. The fourth-order valence-corrected chi connectivity index (χ4v) is 1.65. The molecule has 2 rings (SSSR count). The Bertz CT molecular complexity index is 580. The zero-order chi connectivity index (χ0) is 11.9. The van der Waals surface area contributed by atoms with Crippen LogP contribution in [0.5, 0.6) is 5.88 Å². The van der Waals surface area contributed by atoms with E-state index in [2.05, 4.69) is 15.1 Å². The third-order valence-corrected chi connectivity index (χ3v) is 2.56. The molecule has 0 saturated heterocycles. The average Bonchev–Trinajstić information content (AvgIpc) is 2.60. The third kappa shape index (κ3) is 1.47. The van der Waals surface area contributed by atoms with Gasteiger partial charge in [-0.1, -0.05) is 11.8 Å². The molecule has 0 aliphatic heterocycles. The molecular weight excluding hydrogens is 232 g/mol. The SMILES string of the molecule is CSc1nc2nc(C)c(C(=O)O)c(O)n2n1. The van der Waals surface area contributed by atoms with E-state index >= 15 is 0 Å². The van der Waals surface area contributed by atoms with Gasteiger partial charge in [-0.2, -0.15) is 9.50 Å². The van der Waals surface area contributed by atoms with Gasteiger partial charge in [-0.15, -0.1) is 5.10 Å². The number of aromatic carboxylic acids is 1. The van der Waals surface area contributed by atoms with Gasteiger partial charge in [0.05, 0.1) is 5.69 Å². The minimum Gasteiger partial charge on any atom is -0.492 e. The summed E-state index contributed by atoms with van der Waals surface area (Å²) in [6.45, 7) is 1.50. The van der Waals surface area contributed by atoms with Crippen LogP contribution in [-0.4, -0.2) is 42.0 Å². The second kappa shape index (κ2) is 3.63. The van der Waals surface area contributed by atoms with E-state index in [1.54, 1.807) is 6.26 Å². The molecule has 7 nitrogen and oxygen atoms in total. The number of hydrogen-bond donors (Lipinski definition) is 2. The Morgan fingerprint density at radius 2 is 2.12 bits per heavy atom. The summed E-state index contributed by atoms with van der Waals surface area (Å²) < 4.78 is 1.02. The Balaban J connectivity index is 2.81. The monoisotopic (exact) mass is 240 g/mol. The summed E-state index contributed by atoms with van der Waals surface area (Å²) >= 11 is 1.28. The summed E-state index contributed by atoms with van der Waals surface area (Å²) in [5.74, 6) is -1.52. The quantitative estimate of drug-likeness (QED) is 0.739. The number of fused-ring (bicyclic) bond motifs is 1. The molecule has 2 aromatic heterocycles. The van der Waals surface area contributed by atoms with Gasteiger partial charge < -0.3 is 10.2 Å². The number of nitrogens with zero attached hydrogens (tertiary/aromatic N) is 4. The maximum atomic E-state index is 10.9. The van der Waals surface area contributed by atoms with E-state index < -0.39 is 11.8 Å². The van der Waals surface area contributed by atoms with Crippen molar-refractivity contribution in [1.29, 1.82) is 0 Å². The Kier molecular flexibility index (Phi) is 2.43. The molecule has 2 N–H and O–H groups in total. The van der Waals surface area contributed by atoms with E-state index in [1.165, 1.54) is 18.7 Å². The van der Waals surface area contributed by atoms with Crippen LogP contribution in [0.15, 0.2) is 5.16 Å². The Morgan fingerprint density at radius 1 is 1.44 bits per heavy atom. The van der Waals surface area contributed by atoms with E-state index in [9.17, 15) is 9.90 Å². The number of aryl methyl sites for hydroxylation is 1. The summed E-state index contributed by atoms with van der Waals surface area (Å²) in [7, 11) is 0. The van der Waals surface area contributed by atoms with Crippen LogP contribution in [0.4, 0.5) is 0 Å².